The summed E-state index contributed by atoms with van der Waals surface area (Å²) >= 11 is 0. The van der Waals surface area contributed by atoms with Crippen LogP contribution in [0.5, 0.6) is 11.5 Å². The molecule has 0 heterocycles. The molecule has 0 aliphatic rings. The van der Waals surface area contributed by atoms with Crippen LogP contribution < -0.4 is 9.47 Å². The first kappa shape index (κ1) is 21.2. The third-order valence-corrected chi connectivity index (χ3v) is 2.33. The van der Waals surface area contributed by atoms with Crippen molar-refractivity contribution in [1.29, 1.82) is 0 Å². The lowest BCUT2D eigenvalue weighted by molar-refractivity contribution is -0.190. The highest BCUT2D eigenvalue weighted by molar-refractivity contribution is 6.03. The lowest BCUT2D eigenvalue weighted by Crippen LogP contribution is -2.30. The number of hydrogen-bond acceptors (Lipinski definition) is 5. The summed E-state index contributed by atoms with van der Waals surface area (Å²) < 4.78 is 117. The van der Waals surface area contributed by atoms with Crippen LogP contribution in [0, 0.1) is 0 Å². The Morgan fingerprint density at radius 2 is 1.15 bits per heavy atom. The van der Waals surface area contributed by atoms with Gasteiger partial charge in [0.1, 0.15) is 11.5 Å². The quantitative estimate of drug-likeness (QED) is 0.338. The molecule has 0 fully saturated rings. The van der Waals surface area contributed by atoms with Crippen molar-refractivity contribution in [2.75, 3.05) is 0 Å². The average molecular weight is 398 g/mol. The van der Waals surface area contributed by atoms with Crippen molar-refractivity contribution in [3.8, 4) is 11.5 Å². The second-order valence-corrected chi connectivity index (χ2v) is 4.26. The van der Waals surface area contributed by atoms with Gasteiger partial charge >= 0.3 is 30.5 Å². The van der Waals surface area contributed by atoms with E-state index in [0.29, 0.717) is 0 Å². The molecule has 1 aromatic carbocycles. The van der Waals surface area contributed by atoms with Crippen LogP contribution in [0.25, 0.3) is 0 Å². The second kappa shape index (κ2) is 6.84. The fourth-order valence-electron chi connectivity index (χ4n) is 1.31. The maximum atomic E-state index is 12.5. The number of benzene rings is 1. The largest absolute Gasteiger partial charge is 0.491 e. The second-order valence-electron chi connectivity index (χ2n) is 4.26. The molecule has 14 heteroatoms. The Bertz CT molecular complexity index is 730. The van der Waals surface area contributed by atoms with Gasteiger partial charge in [0, 0.05) is 0 Å². The van der Waals surface area contributed by atoms with Crippen LogP contribution in [0.2, 0.25) is 0 Å². The zero-order chi connectivity index (χ0) is 20.5. The molecule has 0 saturated heterocycles. The van der Waals surface area contributed by atoms with Gasteiger partial charge in [-0.2, -0.15) is 39.5 Å². The number of halogens is 9. The standard InChI is InChI=1S/C12H3F9O5/c13-10(14,15)7(22)5-3-4(25-8(23)11(16,17)18)1-2-6(5)26-9(24)12(19,20)21/h1-3H. The van der Waals surface area contributed by atoms with E-state index in [-0.39, 0.29) is 18.2 Å². The fraction of sp³-hybridized carbons (Fsp3) is 0.250. The summed E-state index contributed by atoms with van der Waals surface area (Å²) in [7, 11) is 0. The van der Waals surface area contributed by atoms with Crippen molar-refractivity contribution >= 4 is 17.7 Å². The van der Waals surface area contributed by atoms with E-state index in [2.05, 4.69) is 9.47 Å². The van der Waals surface area contributed by atoms with Crippen molar-refractivity contribution in [3.05, 3.63) is 23.8 Å². The predicted molar refractivity (Wildman–Crippen MR) is 60.2 cm³/mol. The molecule has 1 aromatic rings. The minimum Gasteiger partial charge on any atom is -0.420 e. The van der Waals surface area contributed by atoms with E-state index in [4.69, 9.17) is 0 Å². The van der Waals surface area contributed by atoms with Crippen LogP contribution in [0.4, 0.5) is 39.5 Å². The minimum absolute atomic E-state index is 0.127. The highest BCUT2D eigenvalue weighted by Gasteiger charge is 2.45. The van der Waals surface area contributed by atoms with Gasteiger partial charge in [-0.15, -0.1) is 0 Å². The Labute approximate surface area is 136 Å². The van der Waals surface area contributed by atoms with Crippen molar-refractivity contribution in [3.63, 3.8) is 0 Å². The topological polar surface area (TPSA) is 69.7 Å². The average Bonchev–Trinajstić information content (AvgIpc) is 2.44. The van der Waals surface area contributed by atoms with Gasteiger partial charge in [-0.05, 0) is 18.2 Å². The molecule has 0 saturated carbocycles. The van der Waals surface area contributed by atoms with Crippen LogP contribution in [-0.4, -0.2) is 36.3 Å². The normalized spacial score (nSPS) is 12.5. The molecule has 0 unspecified atom stereocenters. The van der Waals surface area contributed by atoms with Crippen molar-refractivity contribution in [2.24, 2.45) is 0 Å². The SMILES string of the molecule is O=C(Oc1ccc(OC(=O)C(F)(F)F)c(C(=O)C(F)(F)F)c1)C(F)(F)F. The van der Waals surface area contributed by atoms with Gasteiger partial charge in [-0.25, -0.2) is 9.59 Å². The minimum atomic E-state index is -5.69. The van der Waals surface area contributed by atoms with E-state index in [1.807, 2.05) is 0 Å². The molecule has 0 aliphatic heterocycles. The van der Waals surface area contributed by atoms with E-state index >= 15 is 0 Å². The molecule has 144 valence electrons. The highest BCUT2D eigenvalue weighted by atomic mass is 19.4. The Balaban J connectivity index is 3.33. The van der Waals surface area contributed by atoms with Gasteiger partial charge in [0.05, 0.1) is 5.56 Å². The summed E-state index contributed by atoms with van der Waals surface area (Å²) in [5.74, 6) is -11.5. The van der Waals surface area contributed by atoms with Crippen LogP contribution in [-0.2, 0) is 9.59 Å². The van der Waals surface area contributed by atoms with Gasteiger partial charge in [-0.1, -0.05) is 0 Å². The number of ether oxygens (including phenoxy) is 2. The highest BCUT2D eigenvalue weighted by Crippen LogP contribution is 2.33. The summed E-state index contributed by atoms with van der Waals surface area (Å²) in [6.07, 6.45) is -16.9. The fourth-order valence-corrected chi connectivity index (χ4v) is 1.31. The van der Waals surface area contributed by atoms with E-state index in [9.17, 15) is 53.9 Å². The van der Waals surface area contributed by atoms with Gasteiger partial charge in [0.15, 0.2) is 0 Å². The molecular formula is C12H3F9O5. The summed E-state index contributed by atoms with van der Waals surface area (Å²) in [6, 6.07) is 0.288. The molecule has 5 nitrogen and oxygen atoms in total. The van der Waals surface area contributed by atoms with E-state index in [1.165, 1.54) is 0 Å². The lowest BCUT2D eigenvalue weighted by atomic mass is 10.1. The van der Waals surface area contributed by atoms with Crippen LogP contribution in [0.15, 0.2) is 18.2 Å². The van der Waals surface area contributed by atoms with Gasteiger partial charge in [-0.3, -0.25) is 4.79 Å². The smallest absolute Gasteiger partial charge is 0.420 e. The maximum absolute atomic E-state index is 12.5. The zero-order valence-electron chi connectivity index (χ0n) is 11.7. The third kappa shape index (κ3) is 5.35. The molecule has 0 atom stereocenters. The number of Topliss-reactive ketones (excluding diaryl/α,β-unsaturated/α-hetero) is 1. The molecule has 0 bridgehead atoms. The summed E-state index contributed by atoms with van der Waals surface area (Å²) in [5.41, 5.74) is -1.78. The molecular weight excluding hydrogens is 395 g/mol. The Morgan fingerprint density at radius 1 is 0.692 bits per heavy atom. The van der Waals surface area contributed by atoms with E-state index < -0.39 is 53.3 Å². The summed E-state index contributed by atoms with van der Waals surface area (Å²) in [4.78, 5) is 32.5. The van der Waals surface area contributed by atoms with Crippen LogP contribution >= 0.6 is 0 Å². The van der Waals surface area contributed by atoms with Crippen LogP contribution in [0.3, 0.4) is 0 Å². The Hall–Kier alpha value is -2.80. The summed E-state index contributed by atoms with van der Waals surface area (Å²) in [5, 5.41) is 0. The molecule has 0 aromatic heterocycles. The molecule has 1 rings (SSSR count). The van der Waals surface area contributed by atoms with Crippen molar-refractivity contribution in [1.82, 2.24) is 0 Å². The molecule has 0 N–H and O–H groups in total. The first-order valence-electron chi connectivity index (χ1n) is 5.87. The first-order chi connectivity index (χ1) is 11.5. The number of rotatable bonds is 3. The van der Waals surface area contributed by atoms with E-state index in [1.54, 1.807) is 0 Å². The summed E-state index contributed by atoms with van der Waals surface area (Å²) in [6.45, 7) is 0. The lowest BCUT2D eigenvalue weighted by Gasteiger charge is -2.14. The van der Waals surface area contributed by atoms with Crippen LogP contribution in [0.1, 0.15) is 10.4 Å². The molecule has 0 aliphatic carbocycles. The molecule has 26 heavy (non-hydrogen) atoms. The Kier molecular flexibility index (Phi) is 5.59. The number of ketones is 1. The maximum Gasteiger partial charge on any atom is 0.491 e. The first-order valence-corrected chi connectivity index (χ1v) is 5.87. The molecule has 0 amide bonds. The number of alkyl halides is 9. The Morgan fingerprint density at radius 3 is 1.58 bits per heavy atom. The number of carbonyl (C=O) groups excluding carboxylic acids is 3. The van der Waals surface area contributed by atoms with Crippen molar-refractivity contribution < 1.29 is 63.4 Å². The zero-order valence-corrected chi connectivity index (χ0v) is 11.7. The van der Waals surface area contributed by atoms with Gasteiger partial charge < -0.3 is 9.47 Å². The number of esters is 2. The number of carbonyl (C=O) groups is 3. The molecule has 0 radical (unpaired) electrons. The third-order valence-electron chi connectivity index (χ3n) is 2.33. The van der Waals surface area contributed by atoms with Gasteiger partial charge in [0.25, 0.3) is 5.78 Å². The number of hydrogen-bond donors (Lipinski definition) is 0. The van der Waals surface area contributed by atoms with E-state index in [0.717, 1.165) is 0 Å². The predicted octanol–water partition coefficient (Wildman–Crippen LogP) is 3.37. The molecule has 0 spiro atoms. The van der Waals surface area contributed by atoms with Gasteiger partial charge in [0.2, 0.25) is 0 Å². The van der Waals surface area contributed by atoms with Crippen molar-refractivity contribution in [2.45, 2.75) is 18.5 Å². The monoisotopic (exact) mass is 398 g/mol.